The summed E-state index contributed by atoms with van der Waals surface area (Å²) in [6.45, 7) is 1.97. The van der Waals surface area contributed by atoms with Crippen molar-refractivity contribution >= 4 is 11.9 Å². The first-order valence-electron chi connectivity index (χ1n) is 10.1. The first-order chi connectivity index (χ1) is 12.0. The van der Waals surface area contributed by atoms with Gasteiger partial charge in [-0.05, 0) is 25.7 Å². The van der Waals surface area contributed by atoms with Crippen molar-refractivity contribution in [1.82, 2.24) is 0 Å². The van der Waals surface area contributed by atoms with E-state index in [0.29, 0.717) is 6.61 Å². The van der Waals surface area contributed by atoms with Crippen molar-refractivity contribution in [2.45, 2.75) is 109 Å². The molecule has 0 fully saturated rings. The third kappa shape index (κ3) is 20.9. The standard InChI is InChI=1S/C20H38O5/c1-18(21)25-17-13-9-5-4-7-11-15-19(22)14-10-6-2-3-8-12-16-20(23)24/h19,22H,2-17H2,1H3,(H,23,24). The van der Waals surface area contributed by atoms with Crippen LogP contribution in [0.4, 0.5) is 0 Å². The van der Waals surface area contributed by atoms with E-state index in [1.54, 1.807) is 0 Å². The van der Waals surface area contributed by atoms with Crippen LogP contribution in [-0.2, 0) is 14.3 Å². The number of unbranched alkanes of at least 4 members (excludes halogenated alkanes) is 10. The molecule has 1 atom stereocenters. The van der Waals surface area contributed by atoms with Crippen molar-refractivity contribution in [2.75, 3.05) is 6.61 Å². The van der Waals surface area contributed by atoms with Gasteiger partial charge in [0, 0.05) is 13.3 Å². The molecule has 2 N–H and O–H groups in total. The Morgan fingerprint density at radius 1 is 0.760 bits per heavy atom. The van der Waals surface area contributed by atoms with E-state index in [0.717, 1.165) is 77.0 Å². The second kappa shape index (κ2) is 17.7. The number of hydrogen-bond donors (Lipinski definition) is 2. The number of esters is 1. The van der Waals surface area contributed by atoms with E-state index in [-0.39, 0.29) is 18.5 Å². The third-order valence-corrected chi connectivity index (χ3v) is 4.42. The molecule has 0 bridgehead atoms. The van der Waals surface area contributed by atoms with Crippen molar-refractivity contribution < 1.29 is 24.5 Å². The zero-order valence-electron chi connectivity index (χ0n) is 16.0. The molecule has 0 aliphatic heterocycles. The van der Waals surface area contributed by atoms with E-state index in [9.17, 15) is 14.7 Å². The van der Waals surface area contributed by atoms with E-state index < -0.39 is 5.97 Å². The van der Waals surface area contributed by atoms with Gasteiger partial charge in [-0.25, -0.2) is 0 Å². The Balaban J connectivity index is 3.19. The normalized spacial score (nSPS) is 12.1. The monoisotopic (exact) mass is 358 g/mol. The number of carbonyl (C=O) groups is 2. The Hall–Kier alpha value is -1.10. The van der Waals surface area contributed by atoms with Crippen molar-refractivity contribution in [1.29, 1.82) is 0 Å². The SMILES string of the molecule is CC(=O)OCCCCCCCCC(O)CCCCCCCCC(=O)O. The van der Waals surface area contributed by atoms with Gasteiger partial charge in [0.1, 0.15) is 0 Å². The minimum Gasteiger partial charge on any atom is -0.481 e. The molecular weight excluding hydrogens is 320 g/mol. The highest BCUT2D eigenvalue weighted by Crippen LogP contribution is 2.14. The molecule has 0 aliphatic rings. The Kier molecular flexibility index (Phi) is 16.9. The van der Waals surface area contributed by atoms with E-state index in [1.165, 1.54) is 19.8 Å². The molecule has 0 rings (SSSR count). The van der Waals surface area contributed by atoms with Crippen LogP contribution >= 0.6 is 0 Å². The summed E-state index contributed by atoms with van der Waals surface area (Å²) < 4.78 is 4.89. The average Bonchev–Trinajstić information content (AvgIpc) is 2.55. The van der Waals surface area contributed by atoms with E-state index in [1.807, 2.05) is 0 Å². The highest BCUT2D eigenvalue weighted by molar-refractivity contribution is 5.66. The van der Waals surface area contributed by atoms with Gasteiger partial charge < -0.3 is 14.9 Å². The summed E-state index contributed by atoms with van der Waals surface area (Å²) in [6, 6.07) is 0. The Labute approximate surface area is 153 Å². The van der Waals surface area contributed by atoms with E-state index in [4.69, 9.17) is 9.84 Å². The molecule has 0 saturated carbocycles. The highest BCUT2D eigenvalue weighted by atomic mass is 16.5. The number of aliphatic hydroxyl groups is 1. The number of rotatable bonds is 18. The van der Waals surface area contributed by atoms with E-state index >= 15 is 0 Å². The quantitative estimate of drug-likeness (QED) is 0.270. The van der Waals surface area contributed by atoms with Crippen LogP contribution in [-0.4, -0.2) is 34.9 Å². The van der Waals surface area contributed by atoms with Gasteiger partial charge >= 0.3 is 11.9 Å². The van der Waals surface area contributed by atoms with Gasteiger partial charge in [0.25, 0.3) is 0 Å². The van der Waals surface area contributed by atoms with Crippen LogP contribution in [0.25, 0.3) is 0 Å². The zero-order valence-corrected chi connectivity index (χ0v) is 16.0. The predicted octanol–water partition coefficient (Wildman–Crippen LogP) is 4.85. The van der Waals surface area contributed by atoms with Gasteiger partial charge in [-0.3, -0.25) is 9.59 Å². The second-order valence-corrected chi connectivity index (χ2v) is 6.96. The molecular formula is C20H38O5. The lowest BCUT2D eigenvalue weighted by Crippen LogP contribution is -2.06. The van der Waals surface area contributed by atoms with E-state index in [2.05, 4.69) is 0 Å². The van der Waals surface area contributed by atoms with Crippen LogP contribution in [0.1, 0.15) is 103 Å². The number of carbonyl (C=O) groups excluding carboxylic acids is 1. The summed E-state index contributed by atoms with van der Waals surface area (Å²) in [5, 5.41) is 18.5. The first kappa shape index (κ1) is 23.9. The Bertz CT molecular complexity index is 330. The lowest BCUT2D eigenvalue weighted by atomic mass is 10.0. The maximum Gasteiger partial charge on any atom is 0.303 e. The fraction of sp³-hybridized carbons (Fsp3) is 0.900. The van der Waals surface area contributed by atoms with Crippen molar-refractivity contribution in [3.63, 3.8) is 0 Å². The molecule has 0 aromatic heterocycles. The summed E-state index contributed by atoms with van der Waals surface area (Å²) in [6.07, 6.45) is 14.7. The van der Waals surface area contributed by atoms with Crippen LogP contribution in [0.2, 0.25) is 0 Å². The van der Waals surface area contributed by atoms with Crippen LogP contribution in [0.15, 0.2) is 0 Å². The summed E-state index contributed by atoms with van der Waals surface area (Å²) in [5.41, 5.74) is 0. The number of carboxylic acid groups (broad SMARTS) is 1. The molecule has 0 saturated heterocycles. The summed E-state index contributed by atoms with van der Waals surface area (Å²) in [5.74, 6) is -0.905. The van der Waals surface area contributed by atoms with Crippen LogP contribution in [0, 0.1) is 0 Å². The molecule has 5 nitrogen and oxygen atoms in total. The van der Waals surface area contributed by atoms with Gasteiger partial charge in [-0.15, -0.1) is 0 Å². The van der Waals surface area contributed by atoms with Gasteiger partial charge in [-0.2, -0.15) is 0 Å². The third-order valence-electron chi connectivity index (χ3n) is 4.42. The maximum absolute atomic E-state index is 10.6. The minimum atomic E-state index is -0.704. The van der Waals surface area contributed by atoms with Gasteiger partial charge in [0.2, 0.25) is 0 Å². The maximum atomic E-state index is 10.6. The largest absolute Gasteiger partial charge is 0.481 e. The number of ether oxygens (including phenoxy) is 1. The molecule has 5 heteroatoms. The molecule has 0 spiro atoms. The molecule has 25 heavy (non-hydrogen) atoms. The van der Waals surface area contributed by atoms with Crippen LogP contribution in [0.5, 0.6) is 0 Å². The summed E-state index contributed by atoms with van der Waals surface area (Å²) in [4.78, 5) is 21.0. The molecule has 1 unspecified atom stereocenters. The lowest BCUT2D eigenvalue weighted by Gasteiger charge is -2.10. The molecule has 0 heterocycles. The zero-order chi connectivity index (χ0) is 18.8. The highest BCUT2D eigenvalue weighted by Gasteiger charge is 2.04. The van der Waals surface area contributed by atoms with Crippen molar-refractivity contribution in [2.24, 2.45) is 0 Å². The van der Waals surface area contributed by atoms with Crippen molar-refractivity contribution in [3.8, 4) is 0 Å². The average molecular weight is 359 g/mol. The fourth-order valence-corrected chi connectivity index (χ4v) is 2.91. The van der Waals surface area contributed by atoms with Crippen LogP contribution < -0.4 is 0 Å². The molecule has 0 amide bonds. The number of aliphatic hydroxyl groups excluding tert-OH is 1. The minimum absolute atomic E-state index is 0.170. The molecule has 148 valence electrons. The first-order valence-corrected chi connectivity index (χ1v) is 10.1. The summed E-state index contributed by atoms with van der Waals surface area (Å²) in [7, 11) is 0. The lowest BCUT2D eigenvalue weighted by molar-refractivity contribution is -0.141. The van der Waals surface area contributed by atoms with Gasteiger partial charge in [0.05, 0.1) is 12.7 Å². The topological polar surface area (TPSA) is 83.8 Å². The van der Waals surface area contributed by atoms with Crippen molar-refractivity contribution in [3.05, 3.63) is 0 Å². The molecule has 0 aliphatic carbocycles. The summed E-state index contributed by atoms with van der Waals surface area (Å²) >= 11 is 0. The second-order valence-electron chi connectivity index (χ2n) is 6.96. The number of aliphatic carboxylic acids is 1. The van der Waals surface area contributed by atoms with Gasteiger partial charge in [0.15, 0.2) is 0 Å². The number of hydrogen-bond acceptors (Lipinski definition) is 4. The predicted molar refractivity (Wildman–Crippen MR) is 99.5 cm³/mol. The number of carboxylic acids is 1. The Morgan fingerprint density at radius 2 is 1.20 bits per heavy atom. The smallest absolute Gasteiger partial charge is 0.303 e. The fourth-order valence-electron chi connectivity index (χ4n) is 2.91. The molecule has 0 aromatic rings. The molecule has 0 aromatic carbocycles. The van der Waals surface area contributed by atoms with Gasteiger partial charge in [-0.1, -0.05) is 64.2 Å². The Morgan fingerprint density at radius 3 is 1.68 bits per heavy atom. The molecule has 0 radical (unpaired) electrons. The van der Waals surface area contributed by atoms with Crippen LogP contribution in [0.3, 0.4) is 0 Å².